The van der Waals surface area contributed by atoms with Gasteiger partial charge in [0.05, 0.1) is 13.2 Å². The molecule has 0 spiro atoms. The molecule has 0 aliphatic carbocycles. The molecule has 0 radical (unpaired) electrons. The predicted octanol–water partition coefficient (Wildman–Crippen LogP) is 3.00. The van der Waals surface area contributed by atoms with Gasteiger partial charge in [-0.15, -0.1) is 0 Å². The van der Waals surface area contributed by atoms with Crippen molar-refractivity contribution in [3.63, 3.8) is 0 Å². The lowest BCUT2D eigenvalue weighted by Gasteiger charge is -2.37. The third-order valence-electron chi connectivity index (χ3n) is 6.36. The highest BCUT2D eigenvalue weighted by atomic mass is 16.5. The van der Waals surface area contributed by atoms with Crippen LogP contribution in [0.1, 0.15) is 43.0 Å². The van der Waals surface area contributed by atoms with Crippen LogP contribution in [0.3, 0.4) is 0 Å². The van der Waals surface area contributed by atoms with E-state index in [1.54, 1.807) is 43.2 Å². The van der Waals surface area contributed by atoms with Crippen molar-refractivity contribution in [2.45, 2.75) is 38.3 Å². The van der Waals surface area contributed by atoms with E-state index in [2.05, 4.69) is 17.4 Å². The molecule has 4 amide bonds. The van der Waals surface area contributed by atoms with E-state index >= 15 is 0 Å². The van der Waals surface area contributed by atoms with E-state index in [-0.39, 0.29) is 18.5 Å². The molecular formula is C24H27N3O4. The van der Waals surface area contributed by atoms with Gasteiger partial charge in [-0.05, 0) is 48.6 Å². The highest BCUT2D eigenvalue weighted by Crippen LogP contribution is 2.33. The zero-order valence-corrected chi connectivity index (χ0v) is 18.1. The van der Waals surface area contributed by atoms with E-state index in [1.165, 1.54) is 5.56 Å². The van der Waals surface area contributed by atoms with Gasteiger partial charge in [-0.3, -0.25) is 14.5 Å². The van der Waals surface area contributed by atoms with Crippen LogP contribution in [-0.4, -0.2) is 47.8 Å². The summed E-state index contributed by atoms with van der Waals surface area (Å²) < 4.78 is 5.17. The lowest BCUT2D eigenvalue weighted by Crippen LogP contribution is -2.47. The molecule has 1 saturated heterocycles. The van der Waals surface area contributed by atoms with Gasteiger partial charge in [0.15, 0.2) is 0 Å². The molecule has 2 aromatic rings. The van der Waals surface area contributed by atoms with Gasteiger partial charge < -0.3 is 15.0 Å². The Morgan fingerprint density at radius 2 is 1.87 bits per heavy atom. The molecule has 31 heavy (non-hydrogen) atoms. The molecular weight excluding hydrogens is 394 g/mol. The Morgan fingerprint density at radius 3 is 2.55 bits per heavy atom. The van der Waals surface area contributed by atoms with Crippen LogP contribution in [0.15, 0.2) is 48.5 Å². The number of methoxy groups -OCH3 is 1. The van der Waals surface area contributed by atoms with Gasteiger partial charge in [0.1, 0.15) is 17.8 Å². The topological polar surface area (TPSA) is 79.0 Å². The molecule has 0 bridgehead atoms. The maximum Gasteiger partial charge on any atom is 0.325 e. The Bertz CT molecular complexity index is 1020. The minimum Gasteiger partial charge on any atom is -0.497 e. The number of hydrogen-bond donors (Lipinski definition) is 1. The van der Waals surface area contributed by atoms with Crippen LogP contribution >= 0.6 is 0 Å². The maximum atomic E-state index is 13.2. The van der Waals surface area contributed by atoms with Gasteiger partial charge in [-0.1, -0.05) is 43.3 Å². The molecule has 7 heteroatoms. The monoisotopic (exact) mass is 421 g/mol. The molecule has 0 aromatic heterocycles. The summed E-state index contributed by atoms with van der Waals surface area (Å²) in [6, 6.07) is 14.5. The first-order chi connectivity index (χ1) is 14.9. The van der Waals surface area contributed by atoms with Crippen molar-refractivity contribution < 1.29 is 19.1 Å². The largest absolute Gasteiger partial charge is 0.497 e. The van der Waals surface area contributed by atoms with Gasteiger partial charge in [-0.25, -0.2) is 4.79 Å². The highest BCUT2D eigenvalue weighted by molar-refractivity contribution is 6.09. The number of ether oxygens (including phenoxy) is 1. The van der Waals surface area contributed by atoms with E-state index in [0.717, 1.165) is 23.3 Å². The van der Waals surface area contributed by atoms with Crippen molar-refractivity contribution in [1.29, 1.82) is 0 Å². The number of nitrogens with one attached hydrogen (secondary N) is 1. The third-order valence-corrected chi connectivity index (χ3v) is 6.36. The SMILES string of the molecule is CC[C@H]1c2ccccc2CCN1C(=O)CN1C(=O)N[C@](C)(c2ccc(OC)cc2)C1=O. The molecule has 4 rings (SSSR count). The number of carbonyl (C=O) groups is 3. The number of amides is 4. The number of rotatable bonds is 5. The van der Waals surface area contributed by atoms with Crippen LogP contribution in [0.5, 0.6) is 5.75 Å². The summed E-state index contributed by atoms with van der Waals surface area (Å²) >= 11 is 0. The molecule has 2 aliphatic heterocycles. The first-order valence-electron chi connectivity index (χ1n) is 10.5. The summed E-state index contributed by atoms with van der Waals surface area (Å²) in [5.74, 6) is 0.0115. The van der Waals surface area contributed by atoms with Crippen LogP contribution in [0.25, 0.3) is 0 Å². The fourth-order valence-corrected chi connectivity index (χ4v) is 4.58. The van der Waals surface area contributed by atoms with E-state index in [9.17, 15) is 14.4 Å². The van der Waals surface area contributed by atoms with Crippen LogP contribution in [0.2, 0.25) is 0 Å². The first kappa shape index (κ1) is 20.9. The first-order valence-corrected chi connectivity index (χ1v) is 10.5. The van der Waals surface area contributed by atoms with E-state index in [1.807, 2.05) is 19.1 Å². The second-order valence-electron chi connectivity index (χ2n) is 8.13. The summed E-state index contributed by atoms with van der Waals surface area (Å²) in [5.41, 5.74) is 1.81. The Kier molecular flexibility index (Phi) is 5.43. The lowest BCUT2D eigenvalue weighted by atomic mass is 9.91. The standard InChI is InChI=1S/C24H27N3O4/c1-4-20-19-8-6-5-7-16(19)13-14-26(20)21(28)15-27-22(29)24(2,25-23(27)30)17-9-11-18(31-3)12-10-17/h5-12,20H,4,13-15H2,1-3H3,(H,25,30)/t20-,24+/m0/s1. The molecule has 1 fully saturated rings. The van der Waals surface area contributed by atoms with Crippen molar-refractivity contribution >= 4 is 17.8 Å². The predicted molar refractivity (Wildman–Crippen MR) is 115 cm³/mol. The van der Waals surface area contributed by atoms with Gasteiger partial charge in [0, 0.05) is 6.54 Å². The number of imide groups is 1. The minimum atomic E-state index is -1.22. The van der Waals surface area contributed by atoms with Crippen molar-refractivity contribution in [2.24, 2.45) is 0 Å². The van der Waals surface area contributed by atoms with Crippen molar-refractivity contribution in [3.05, 3.63) is 65.2 Å². The van der Waals surface area contributed by atoms with Crippen LogP contribution < -0.4 is 10.1 Å². The van der Waals surface area contributed by atoms with Crippen molar-refractivity contribution in [2.75, 3.05) is 20.2 Å². The average molecular weight is 421 g/mol. The number of urea groups is 1. The Morgan fingerprint density at radius 1 is 1.16 bits per heavy atom. The molecule has 162 valence electrons. The maximum absolute atomic E-state index is 13.2. The van der Waals surface area contributed by atoms with E-state index in [4.69, 9.17) is 4.74 Å². The highest BCUT2D eigenvalue weighted by Gasteiger charge is 2.50. The zero-order valence-electron chi connectivity index (χ0n) is 18.1. The Hall–Kier alpha value is -3.35. The Labute approximate surface area is 182 Å². The van der Waals surface area contributed by atoms with Crippen molar-refractivity contribution in [1.82, 2.24) is 15.1 Å². The molecule has 0 unspecified atom stereocenters. The fourth-order valence-electron chi connectivity index (χ4n) is 4.58. The van der Waals surface area contributed by atoms with Gasteiger partial charge >= 0.3 is 6.03 Å². The minimum absolute atomic E-state index is 0.0498. The summed E-state index contributed by atoms with van der Waals surface area (Å²) in [5, 5.41) is 2.76. The van der Waals surface area contributed by atoms with Crippen LogP contribution in [0.4, 0.5) is 4.79 Å². The fraction of sp³-hybridized carbons (Fsp3) is 0.375. The molecule has 2 heterocycles. The van der Waals surface area contributed by atoms with Gasteiger partial charge in [-0.2, -0.15) is 0 Å². The number of benzene rings is 2. The van der Waals surface area contributed by atoms with E-state index in [0.29, 0.717) is 17.9 Å². The average Bonchev–Trinajstić information content (AvgIpc) is 3.02. The normalized spacial score (nSPS) is 22.9. The van der Waals surface area contributed by atoms with Crippen molar-refractivity contribution in [3.8, 4) is 5.75 Å². The molecule has 1 N–H and O–H groups in total. The molecule has 2 aromatic carbocycles. The summed E-state index contributed by atoms with van der Waals surface area (Å²) in [7, 11) is 1.56. The van der Waals surface area contributed by atoms with E-state index < -0.39 is 17.5 Å². The van der Waals surface area contributed by atoms with Crippen LogP contribution in [-0.2, 0) is 21.5 Å². The molecule has 2 atom stereocenters. The van der Waals surface area contributed by atoms with Crippen LogP contribution in [0, 0.1) is 0 Å². The zero-order chi connectivity index (χ0) is 22.2. The molecule has 2 aliphatic rings. The summed E-state index contributed by atoms with van der Waals surface area (Å²) in [6.07, 6.45) is 1.54. The lowest BCUT2D eigenvalue weighted by molar-refractivity contribution is -0.140. The number of carbonyl (C=O) groups excluding carboxylic acids is 3. The molecule has 0 saturated carbocycles. The summed E-state index contributed by atoms with van der Waals surface area (Å²) in [6.45, 7) is 4.01. The summed E-state index contributed by atoms with van der Waals surface area (Å²) in [4.78, 5) is 41.9. The van der Waals surface area contributed by atoms with Gasteiger partial charge in [0.25, 0.3) is 5.91 Å². The second kappa shape index (κ2) is 8.06. The quantitative estimate of drug-likeness (QED) is 0.753. The van der Waals surface area contributed by atoms with Gasteiger partial charge in [0.2, 0.25) is 5.91 Å². The number of fused-ring (bicyclic) bond motifs is 1. The molecule has 7 nitrogen and oxygen atoms in total. The number of hydrogen-bond acceptors (Lipinski definition) is 4. The number of nitrogens with zero attached hydrogens (tertiary/aromatic N) is 2. The smallest absolute Gasteiger partial charge is 0.325 e. The Balaban J connectivity index is 1.53. The second-order valence-corrected chi connectivity index (χ2v) is 8.13. The third kappa shape index (κ3) is 3.54.